The predicted molar refractivity (Wildman–Crippen MR) is 85.1 cm³/mol. The summed E-state index contributed by atoms with van der Waals surface area (Å²) >= 11 is 0. The van der Waals surface area contributed by atoms with E-state index < -0.39 is 0 Å². The van der Waals surface area contributed by atoms with E-state index in [4.69, 9.17) is 4.74 Å². The number of ether oxygens (including phenoxy) is 1. The first kappa shape index (κ1) is 12.8. The van der Waals surface area contributed by atoms with Crippen LogP contribution in [-0.2, 0) is 6.54 Å². The standard InChI is InChI=1S/C18H15N3O/c19-11-15-14(12-20-8-4-3-5-16(15)20)13-21-9-10-22-18-7-2-1-6-17(18)21/h1-8,12H,9-10,13H2. The molecule has 4 heteroatoms. The van der Waals surface area contributed by atoms with E-state index in [1.807, 2.05) is 53.2 Å². The van der Waals surface area contributed by atoms with Gasteiger partial charge in [0.2, 0.25) is 0 Å². The number of fused-ring (bicyclic) bond motifs is 2. The minimum absolute atomic E-state index is 0.673. The quantitative estimate of drug-likeness (QED) is 0.727. The third kappa shape index (κ3) is 1.99. The summed E-state index contributed by atoms with van der Waals surface area (Å²) in [6.45, 7) is 2.21. The fourth-order valence-corrected chi connectivity index (χ4v) is 3.02. The van der Waals surface area contributed by atoms with Crippen molar-refractivity contribution < 1.29 is 4.74 Å². The molecule has 4 nitrogen and oxygen atoms in total. The molecule has 3 aromatic rings. The van der Waals surface area contributed by atoms with Gasteiger partial charge in [0.25, 0.3) is 0 Å². The number of rotatable bonds is 2. The van der Waals surface area contributed by atoms with Crippen molar-refractivity contribution in [1.29, 1.82) is 5.26 Å². The molecule has 2 aromatic heterocycles. The summed E-state index contributed by atoms with van der Waals surface area (Å²) in [5.41, 5.74) is 3.85. The van der Waals surface area contributed by atoms with Gasteiger partial charge in [0.1, 0.15) is 18.4 Å². The largest absolute Gasteiger partial charge is 0.490 e. The van der Waals surface area contributed by atoms with Crippen LogP contribution in [0.5, 0.6) is 5.75 Å². The molecule has 0 aliphatic carbocycles. The number of nitrogens with zero attached hydrogens (tertiary/aromatic N) is 3. The zero-order chi connectivity index (χ0) is 14.9. The average molecular weight is 289 g/mol. The number of anilines is 1. The first-order valence-corrected chi connectivity index (χ1v) is 7.32. The van der Waals surface area contributed by atoms with Crippen molar-refractivity contribution in [2.24, 2.45) is 0 Å². The number of hydrogen-bond donors (Lipinski definition) is 0. The maximum absolute atomic E-state index is 9.52. The molecule has 1 aliphatic rings. The first-order valence-electron chi connectivity index (χ1n) is 7.32. The maximum atomic E-state index is 9.52. The van der Waals surface area contributed by atoms with Crippen LogP contribution >= 0.6 is 0 Å². The molecule has 22 heavy (non-hydrogen) atoms. The fraction of sp³-hybridized carbons (Fsp3) is 0.167. The summed E-state index contributed by atoms with van der Waals surface area (Å²) < 4.78 is 7.71. The Balaban J connectivity index is 1.75. The van der Waals surface area contributed by atoms with Crippen LogP contribution in [0.2, 0.25) is 0 Å². The highest BCUT2D eigenvalue weighted by Crippen LogP contribution is 2.32. The molecule has 0 fully saturated rings. The molecular formula is C18H15N3O. The van der Waals surface area contributed by atoms with Gasteiger partial charge >= 0.3 is 0 Å². The lowest BCUT2D eigenvalue weighted by molar-refractivity contribution is 0.307. The van der Waals surface area contributed by atoms with Crippen LogP contribution < -0.4 is 9.64 Å². The first-order chi connectivity index (χ1) is 10.9. The molecule has 0 bridgehead atoms. The third-order valence-corrected chi connectivity index (χ3v) is 4.06. The molecule has 0 amide bonds. The highest BCUT2D eigenvalue weighted by molar-refractivity contribution is 5.67. The smallest absolute Gasteiger partial charge is 0.142 e. The number of hydrogen-bond acceptors (Lipinski definition) is 3. The molecule has 108 valence electrons. The third-order valence-electron chi connectivity index (χ3n) is 4.06. The van der Waals surface area contributed by atoms with Crippen molar-refractivity contribution in [2.75, 3.05) is 18.1 Å². The Morgan fingerprint density at radius 3 is 2.91 bits per heavy atom. The van der Waals surface area contributed by atoms with E-state index in [9.17, 15) is 5.26 Å². The Bertz CT molecular complexity index is 875. The molecule has 0 atom stereocenters. The Hall–Kier alpha value is -2.93. The van der Waals surface area contributed by atoms with Gasteiger partial charge in [-0.2, -0.15) is 5.26 Å². The van der Waals surface area contributed by atoms with Crippen molar-refractivity contribution in [3.05, 3.63) is 66.0 Å². The molecule has 3 heterocycles. The monoisotopic (exact) mass is 289 g/mol. The Morgan fingerprint density at radius 1 is 1.14 bits per heavy atom. The molecule has 1 aliphatic heterocycles. The van der Waals surface area contributed by atoms with Gasteiger partial charge in [-0.25, -0.2) is 0 Å². The summed E-state index contributed by atoms with van der Waals surface area (Å²) in [5, 5.41) is 9.52. The molecule has 4 rings (SSSR count). The number of benzene rings is 1. The summed E-state index contributed by atoms with van der Waals surface area (Å²) in [4.78, 5) is 2.27. The normalized spacial score (nSPS) is 13.5. The molecule has 1 aromatic carbocycles. The lowest BCUT2D eigenvalue weighted by atomic mass is 10.1. The SMILES string of the molecule is N#Cc1c(CN2CCOc3ccccc32)cn2ccccc12. The highest BCUT2D eigenvalue weighted by Gasteiger charge is 2.20. The maximum Gasteiger partial charge on any atom is 0.142 e. The van der Waals surface area contributed by atoms with Gasteiger partial charge < -0.3 is 14.0 Å². The van der Waals surface area contributed by atoms with Gasteiger partial charge in [-0.05, 0) is 24.3 Å². The van der Waals surface area contributed by atoms with Gasteiger partial charge in [0, 0.05) is 24.5 Å². The van der Waals surface area contributed by atoms with Crippen molar-refractivity contribution in [2.45, 2.75) is 6.54 Å². The van der Waals surface area contributed by atoms with Crippen molar-refractivity contribution in [1.82, 2.24) is 4.40 Å². The van der Waals surface area contributed by atoms with E-state index in [0.29, 0.717) is 13.2 Å². The second-order valence-electron chi connectivity index (χ2n) is 5.37. The zero-order valence-electron chi connectivity index (χ0n) is 12.1. The second kappa shape index (κ2) is 5.12. The lowest BCUT2D eigenvalue weighted by Gasteiger charge is -2.31. The van der Waals surface area contributed by atoms with Crippen molar-refractivity contribution >= 4 is 11.2 Å². The van der Waals surface area contributed by atoms with E-state index in [1.54, 1.807) is 0 Å². The van der Waals surface area contributed by atoms with Crippen LogP contribution in [0.15, 0.2) is 54.9 Å². The Kier molecular flexibility index (Phi) is 2.97. The fourth-order valence-electron chi connectivity index (χ4n) is 3.02. The van der Waals surface area contributed by atoms with Crippen LogP contribution in [0, 0.1) is 11.3 Å². The van der Waals surface area contributed by atoms with Crippen LogP contribution in [0.3, 0.4) is 0 Å². The molecule has 0 saturated heterocycles. The van der Waals surface area contributed by atoms with Gasteiger partial charge in [-0.1, -0.05) is 18.2 Å². The van der Waals surface area contributed by atoms with Gasteiger partial charge in [0.05, 0.1) is 23.3 Å². The number of aromatic nitrogens is 1. The van der Waals surface area contributed by atoms with Gasteiger partial charge in [-0.15, -0.1) is 0 Å². The summed E-state index contributed by atoms with van der Waals surface area (Å²) in [7, 11) is 0. The van der Waals surface area contributed by atoms with Gasteiger partial charge in [-0.3, -0.25) is 0 Å². The van der Waals surface area contributed by atoms with E-state index in [1.165, 1.54) is 0 Å². The zero-order valence-corrected chi connectivity index (χ0v) is 12.1. The minimum atomic E-state index is 0.673. The highest BCUT2D eigenvalue weighted by atomic mass is 16.5. The molecular weight excluding hydrogens is 274 g/mol. The van der Waals surface area contributed by atoms with Crippen LogP contribution in [0.25, 0.3) is 5.52 Å². The van der Waals surface area contributed by atoms with E-state index >= 15 is 0 Å². The second-order valence-corrected chi connectivity index (χ2v) is 5.37. The molecule has 0 radical (unpaired) electrons. The number of nitriles is 1. The molecule has 0 spiro atoms. The average Bonchev–Trinajstić information content (AvgIpc) is 2.92. The summed E-state index contributed by atoms with van der Waals surface area (Å²) in [5.74, 6) is 0.913. The van der Waals surface area contributed by atoms with E-state index in [0.717, 1.165) is 34.6 Å². The lowest BCUT2D eigenvalue weighted by Crippen LogP contribution is -2.32. The Morgan fingerprint density at radius 2 is 2.00 bits per heavy atom. The summed E-state index contributed by atoms with van der Waals surface area (Å²) in [6.07, 6.45) is 4.03. The van der Waals surface area contributed by atoms with Crippen LogP contribution in [0.1, 0.15) is 11.1 Å². The van der Waals surface area contributed by atoms with Crippen molar-refractivity contribution in [3.8, 4) is 11.8 Å². The summed E-state index contributed by atoms with van der Waals surface area (Å²) in [6, 6.07) is 16.3. The predicted octanol–water partition coefficient (Wildman–Crippen LogP) is 3.21. The van der Waals surface area contributed by atoms with Crippen LogP contribution in [-0.4, -0.2) is 17.6 Å². The van der Waals surface area contributed by atoms with Gasteiger partial charge in [0.15, 0.2) is 0 Å². The van der Waals surface area contributed by atoms with E-state index in [2.05, 4.69) is 17.0 Å². The Labute approximate surface area is 128 Å². The molecule has 0 unspecified atom stereocenters. The molecule has 0 saturated carbocycles. The molecule has 0 N–H and O–H groups in total. The topological polar surface area (TPSA) is 40.7 Å². The van der Waals surface area contributed by atoms with Crippen molar-refractivity contribution in [3.63, 3.8) is 0 Å². The van der Waals surface area contributed by atoms with Crippen LogP contribution in [0.4, 0.5) is 5.69 Å². The number of para-hydroxylation sites is 2. The minimum Gasteiger partial charge on any atom is -0.490 e. The number of pyridine rings is 1. The van der Waals surface area contributed by atoms with E-state index in [-0.39, 0.29) is 0 Å².